The topological polar surface area (TPSA) is 0 Å². The number of rotatable bonds is 1. The molecule has 0 saturated carbocycles. The highest BCUT2D eigenvalue weighted by molar-refractivity contribution is 7.84. The zero-order valence-corrected chi connectivity index (χ0v) is 4.39. The van der Waals surface area contributed by atoms with Gasteiger partial charge in [-0.25, -0.2) is 0 Å². The summed E-state index contributed by atoms with van der Waals surface area (Å²) in [6.07, 6.45) is 0. The van der Waals surface area contributed by atoms with Gasteiger partial charge >= 0.3 is 0 Å². The average molecular weight is 109 g/mol. The summed E-state index contributed by atoms with van der Waals surface area (Å²) in [5, 5.41) is 0. The Morgan fingerprint density at radius 1 is 2.00 bits per heavy atom. The predicted octanol–water partition coefficient (Wildman–Crippen LogP) is 1.67. The van der Waals surface area contributed by atoms with Crippen LogP contribution in [0.25, 0.3) is 0 Å². The van der Waals surface area contributed by atoms with Crippen LogP contribution >= 0.6 is 24.2 Å². The molecule has 0 saturated heterocycles. The standard InChI is InChI=1S/C3H5ClS/c1-3(5)2-4/h5H,1-2H2. The average Bonchev–Trinajstić information content (AvgIpc) is 1.38. The Balaban J connectivity index is 2.85. The van der Waals surface area contributed by atoms with Crippen LogP contribution in [-0.4, -0.2) is 5.88 Å². The minimum absolute atomic E-state index is 0.448. The van der Waals surface area contributed by atoms with Gasteiger partial charge in [0, 0.05) is 0 Å². The molecule has 0 aromatic carbocycles. The van der Waals surface area contributed by atoms with E-state index in [-0.39, 0.29) is 0 Å². The van der Waals surface area contributed by atoms with Crippen molar-refractivity contribution < 1.29 is 0 Å². The molecular formula is C3H5ClS. The molecule has 5 heavy (non-hydrogen) atoms. The number of halogens is 1. The van der Waals surface area contributed by atoms with E-state index in [0.717, 1.165) is 0 Å². The van der Waals surface area contributed by atoms with Crippen LogP contribution in [0.2, 0.25) is 0 Å². The highest BCUT2D eigenvalue weighted by Gasteiger charge is 1.71. The number of hydrogen-bond acceptors (Lipinski definition) is 1. The first-order valence-corrected chi connectivity index (χ1v) is 2.18. The van der Waals surface area contributed by atoms with E-state index in [0.29, 0.717) is 10.8 Å². The van der Waals surface area contributed by atoms with Crippen molar-refractivity contribution in [3.63, 3.8) is 0 Å². The van der Waals surface area contributed by atoms with Gasteiger partial charge in [-0.1, -0.05) is 6.58 Å². The van der Waals surface area contributed by atoms with Crippen molar-refractivity contribution in [2.24, 2.45) is 0 Å². The minimum atomic E-state index is 0.448. The van der Waals surface area contributed by atoms with Crippen LogP contribution < -0.4 is 0 Å². The van der Waals surface area contributed by atoms with Gasteiger partial charge in [0.15, 0.2) is 0 Å². The van der Waals surface area contributed by atoms with Crippen molar-refractivity contribution in [3.8, 4) is 0 Å². The van der Waals surface area contributed by atoms with E-state index in [2.05, 4.69) is 19.2 Å². The quantitative estimate of drug-likeness (QED) is 0.384. The van der Waals surface area contributed by atoms with Crippen LogP contribution in [0.4, 0.5) is 0 Å². The molecule has 0 unspecified atom stereocenters. The number of hydrogen-bond donors (Lipinski definition) is 1. The molecule has 0 rings (SSSR count). The first kappa shape index (κ1) is 5.38. The zero-order valence-electron chi connectivity index (χ0n) is 2.74. The van der Waals surface area contributed by atoms with Crippen molar-refractivity contribution in [1.29, 1.82) is 0 Å². The lowest BCUT2D eigenvalue weighted by atomic mass is 10.7. The van der Waals surface area contributed by atoms with E-state index in [1.165, 1.54) is 0 Å². The molecule has 0 N–H and O–H groups in total. The molecule has 0 fully saturated rings. The number of thiol groups is 1. The number of alkyl halides is 1. The maximum Gasteiger partial charge on any atom is 0.0525 e. The van der Waals surface area contributed by atoms with Crippen molar-refractivity contribution in [2.45, 2.75) is 0 Å². The monoisotopic (exact) mass is 108 g/mol. The minimum Gasteiger partial charge on any atom is -0.147 e. The van der Waals surface area contributed by atoms with Gasteiger partial charge in [0.25, 0.3) is 0 Å². The molecule has 0 atom stereocenters. The van der Waals surface area contributed by atoms with Crippen molar-refractivity contribution >= 4 is 24.2 Å². The van der Waals surface area contributed by atoms with Gasteiger partial charge in [-0.05, 0) is 4.91 Å². The molecule has 0 bridgehead atoms. The van der Waals surface area contributed by atoms with Gasteiger partial charge in [0.1, 0.15) is 0 Å². The van der Waals surface area contributed by atoms with E-state index in [1.54, 1.807) is 0 Å². The molecule has 0 aromatic rings. The van der Waals surface area contributed by atoms with Crippen molar-refractivity contribution in [2.75, 3.05) is 5.88 Å². The maximum atomic E-state index is 5.16. The molecule has 0 aliphatic rings. The smallest absolute Gasteiger partial charge is 0.0525 e. The van der Waals surface area contributed by atoms with E-state index < -0.39 is 0 Å². The molecule has 0 aliphatic carbocycles. The first-order chi connectivity index (χ1) is 2.27. The van der Waals surface area contributed by atoms with Crippen LogP contribution in [0.15, 0.2) is 11.5 Å². The van der Waals surface area contributed by atoms with Crippen LogP contribution in [0.5, 0.6) is 0 Å². The molecule has 30 valence electrons. The molecule has 0 aliphatic heterocycles. The summed E-state index contributed by atoms with van der Waals surface area (Å²) in [6, 6.07) is 0. The van der Waals surface area contributed by atoms with E-state index in [9.17, 15) is 0 Å². The molecule has 0 heterocycles. The van der Waals surface area contributed by atoms with Gasteiger partial charge in [-0.3, -0.25) is 0 Å². The third-order valence-electron chi connectivity index (χ3n) is 0.154. The van der Waals surface area contributed by atoms with Gasteiger partial charge in [-0.15, -0.1) is 24.2 Å². The summed E-state index contributed by atoms with van der Waals surface area (Å²) < 4.78 is 0. The molecule has 0 spiro atoms. The van der Waals surface area contributed by atoms with Gasteiger partial charge in [0.2, 0.25) is 0 Å². The van der Waals surface area contributed by atoms with Crippen LogP contribution in [-0.2, 0) is 0 Å². The lowest BCUT2D eigenvalue weighted by Crippen LogP contribution is -1.61. The zero-order chi connectivity index (χ0) is 4.28. The molecule has 0 amide bonds. The van der Waals surface area contributed by atoms with Crippen LogP contribution in [0.1, 0.15) is 0 Å². The Bertz CT molecular complexity index is 42.2. The fourth-order valence-corrected chi connectivity index (χ4v) is 0. The summed E-state index contributed by atoms with van der Waals surface area (Å²) >= 11 is 8.93. The first-order valence-electron chi connectivity index (χ1n) is 1.20. The summed E-state index contributed by atoms with van der Waals surface area (Å²) in [5.74, 6) is 0.448. The summed E-state index contributed by atoms with van der Waals surface area (Å²) in [5.41, 5.74) is 0. The van der Waals surface area contributed by atoms with E-state index >= 15 is 0 Å². The van der Waals surface area contributed by atoms with E-state index in [1.807, 2.05) is 0 Å². The second-order valence-electron chi connectivity index (χ2n) is 0.700. The van der Waals surface area contributed by atoms with Crippen LogP contribution in [0, 0.1) is 0 Å². The van der Waals surface area contributed by atoms with E-state index in [4.69, 9.17) is 11.6 Å². The third kappa shape index (κ3) is 4.38. The Morgan fingerprint density at radius 3 is 2.20 bits per heavy atom. The second kappa shape index (κ2) is 2.61. The van der Waals surface area contributed by atoms with Crippen LogP contribution in [0.3, 0.4) is 0 Å². The van der Waals surface area contributed by atoms with Gasteiger partial charge in [-0.2, -0.15) is 0 Å². The Morgan fingerprint density at radius 2 is 2.20 bits per heavy atom. The molecular weight excluding hydrogens is 104 g/mol. The summed E-state index contributed by atoms with van der Waals surface area (Å²) in [6.45, 7) is 3.41. The fourth-order valence-electron chi connectivity index (χ4n) is 0. The third-order valence-corrected chi connectivity index (χ3v) is 0.821. The SMILES string of the molecule is C=C(S)CCl. The van der Waals surface area contributed by atoms with Crippen molar-refractivity contribution in [1.82, 2.24) is 0 Å². The van der Waals surface area contributed by atoms with Gasteiger partial charge in [0.05, 0.1) is 5.88 Å². The fraction of sp³-hybridized carbons (Fsp3) is 0.333. The second-order valence-corrected chi connectivity index (χ2v) is 1.60. The molecule has 0 aromatic heterocycles. The Kier molecular flexibility index (Phi) is 2.81. The predicted molar refractivity (Wildman–Crippen MR) is 28.8 cm³/mol. The van der Waals surface area contributed by atoms with Gasteiger partial charge < -0.3 is 0 Å². The summed E-state index contributed by atoms with van der Waals surface area (Å²) in [7, 11) is 0. The normalized spacial score (nSPS) is 7.60. The lowest BCUT2D eigenvalue weighted by Gasteiger charge is -1.76. The summed E-state index contributed by atoms with van der Waals surface area (Å²) in [4.78, 5) is 0.715. The maximum absolute atomic E-state index is 5.16. The largest absolute Gasteiger partial charge is 0.147 e. The Labute approximate surface area is 42.2 Å². The highest BCUT2D eigenvalue weighted by atomic mass is 35.5. The number of allylic oxidation sites excluding steroid dienone is 1. The highest BCUT2D eigenvalue weighted by Crippen LogP contribution is 1.95. The van der Waals surface area contributed by atoms with Crippen molar-refractivity contribution in [3.05, 3.63) is 11.5 Å². The lowest BCUT2D eigenvalue weighted by molar-refractivity contribution is 1.75. The molecule has 0 nitrogen and oxygen atoms in total. The Hall–Kier alpha value is 0.380. The molecule has 2 heteroatoms. The molecule has 0 radical (unpaired) electrons.